The molecule has 0 spiro atoms. The van der Waals surface area contributed by atoms with Crippen LogP contribution in [0.3, 0.4) is 0 Å². The van der Waals surface area contributed by atoms with Gasteiger partial charge in [-0.3, -0.25) is 0 Å². The Kier molecular flexibility index (Phi) is 4.32. The van der Waals surface area contributed by atoms with E-state index >= 15 is 0 Å². The van der Waals surface area contributed by atoms with Crippen LogP contribution in [0.1, 0.15) is 11.1 Å². The van der Waals surface area contributed by atoms with Crippen molar-refractivity contribution in [2.45, 2.75) is 13.8 Å². The highest BCUT2D eigenvalue weighted by Crippen LogP contribution is 2.27. The lowest BCUT2D eigenvalue weighted by Gasteiger charge is -2.10. The van der Waals surface area contributed by atoms with Crippen LogP contribution in [0.4, 0.5) is 0 Å². The summed E-state index contributed by atoms with van der Waals surface area (Å²) in [6, 6.07) is 18.0. The first-order valence-electron chi connectivity index (χ1n) is 7.24. The molecule has 3 aromatic rings. The monoisotopic (exact) mass is 326 g/mol. The van der Waals surface area contributed by atoms with Gasteiger partial charge in [0.1, 0.15) is 5.75 Å². The summed E-state index contributed by atoms with van der Waals surface area (Å²) in [7, 11) is 0. The molecule has 1 unspecified atom stereocenters. The SMILES string of the molecule is Cc1ccc(-c2cc(C)cn2-c2ccc(OS(N)=O)cc2)cc1. The number of nitrogens with two attached hydrogens (primary N) is 1. The summed E-state index contributed by atoms with van der Waals surface area (Å²) in [6.45, 7) is 4.15. The first-order valence-corrected chi connectivity index (χ1v) is 8.38. The van der Waals surface area contributed by atoms with E-state index in [-0.39, 0.29) is 0 Å². The summed E-state index contributed by atoms with van der Waals surface area (Å²) in [5, 5.41) is 5.13. The van der Waals surface area contributed by atoms with Gasteiger partial charge >= 0.3 is 0 Å². The Bertz CT molecular complexity index is 836. The van der Waals surface area contributed by atoms with Crippen LogP contribution >= 0.6 is 0 Å². The minimum Gasteiger partial charge on any atom is -0.389 e. The van der Waals surface area contributed by atoms with Gasteiger partial charge in [0, 0.05) is 11.9 Å². The molecule has 0 aliphatic carbocycles. The highest BCUT2D eigenvalue weighted by molar-refractivity contribution is 7.78. The molecule has 1 heterocycles. The predicted molar refractivity (Wildman–Crippen MR) is 93.6 cm³/mol. The molecule has 0 bridgehead atoms. The Hall–Kier alpha value is -2.37. The van der Waals surface area contributed by atoms with Crippen LogP contribution < -0.4 is 9.32 Å². The van der Waals surface area contributed by atoms with Crippen molar-refractivity contribution in [2.24, 2.45) is 5.14 Å². The van der Waals surface area contributed by atoms with E-state index in [9.17, 15) is 4.21 Å². The third kappa shape index (κ3) is 3.52. The maximum Gasteiger partial charge on any atom is 0.285 e. The molecule has 0 fully saturated rings. The number of aryl methyl sites for hydroxylation is 2. The first kappa shape index (κ1) is 15.5. The zero-order valence-corrected chi connectivity index (χ0v) is 13.8. The molecule has 1 atom stereocenters. The van der Waals surface area contributed by atoms with Crippen LogP contribution in [0.15, 0.2) is 60.8 Å². The number of hydrogen-bond donors (Lipinski definition) is 1. The fourth-order valence-corrected chi connectivity index (χ4v) is 2.81. The summed E-state index contributed by atoms with van der Waals surface area (Å²) in [6.07, 6.45) is 2.09. The van der Waals surface area contributed by atoms with Gasteiger partial charge in [-0.25, -0.2) is 5.14 Å². The van der Waals surface area contributed by atoms with Crippen LogP contribution in [0.25, 0.3) is 16.9 Å². The van der Waals surface area contributed by atoms with E-state index in [4.69, 9.17) is 9.32 Å². The van der Waals surface area contributed by atoms with Crippen molar-refractivity contribution in [3.63, 3.8) is 0 Å². The first-order chi connectivity index (χ1) is 11.0. The molecule has 0 aliphatic heterocycles. The molecule has 3 rings (SSSR count). The normalized spacial score (nSPS) is 12.1. The standard InChI is InChI=1S/C18H18N2O2S/c1-13-3-5-15(6-4-13)18-11-14(2)12-20(18)16-7-9-17(10-8-16)22-23(19)21/h3-12H,19H2,1-2H3. The molecule has 2 aromatic carbocycles. The Morgan fingerprint density at radius 2 is 1.61 bits per heavy atom. The van der Waals surface area contributed by atoms with Gasteiger partial charge in [-0.05, 0) is 55.3 Å². The molecule has 0 aliphatic rings. The summed E-state index contributed by atoms with van der Waals surface area (Å²) < 4.78 is 18.0. The number of benzene rings is 2. The van der Waals surface area contributed by atoms with Crippen molar-refractivity contribution in [3.8, 4) is 22.7 Å². The Balaban J connectivity index is 2.00. The molecular weight excluding hydrogens is 308 g/mol. The molecule has 0 saturated carbocycles. The largest absolute Gasteiger partial charge is 0.389 e. The van der Waals surface area contributed by atoms with E-state index in [1.54, 1.807) is 12.1 Å². The molecule has 5 heteroatoms. The van der Waals surface area contributed by atoms with E-state index in [0.717, 1.165) is 16.9 Å². The van der Waals surface area contributed by atoms with Gasteiger partial charge in [0.05, 0.1) is 5.69 Å². The predicted octanol–water partition coefficient (Wildman–Crippen LogP) is 3.68. The van der Waals surface area contributed by atoms with Crippen LogP contribution in [-0.4, -0.2) is 8.78 Å². The fraction of sp³-hybridized carbons (Fsp3) is 0.111. The van der Waals surface area contributed by atoms with Crippen molar-refractivity contribution >= 4 is 11.3 Å². The van der Waals surface area contributed by atoms with Gasteiger partial charge in [0.15, 0.2) is 0 Å². The van der Waals surface area contributed by atoms with E-state index in [1.165, 1.54) is 11.1 Å². The van der Waals surface area contributed by atoms with Gasteiger partial charge in [-0.1, -0.05) is 29.8 Å². The molecule has 0 saturated heterocycles. The van der Waals surface area contributed by atoms with Gasteiger partial charge in [0.2, 0.25) is 0 Å². The van der Waals surface area contributed by atoms with Crippen molar-refractivity contribution in [1.82, 2.24) is 4.57 Å². The zero-order chi connectivity index (χ0) is 16.4. The maximum atomic E-state index is 10.9. The highest BCUT2D eigenvalue weighted by atomic mass is 32.2. The lowest BCUT2D eigenvalue weighted by atomic mass is 10.1. The van der Waals surface area contributed by atoms with E-state index in [0.29, 0.717) is 5.75 Å². The van der Waals surface area contributed by atoms with Crippen molar-refractivity contribution in [2.75, 3.05) is 0 Å². The second kappa shape index (κ2) is 6.40. The average Bonchev–Trinajstić information content (AvgIpc) is 2.90. The Morgan fingerprint density at radius 1 is 0.957 bits per heavy atom. The van der Waals surface area contributed by atoms with Gasteiger partial charge in [-0.15, -0.1) is 0 Å². The molecule has 0 radical (unpaired) electrons. The van der Waals surface area contributed by atoms with Crippen LogP contribution in [0, 0.1) is 13.8 Å². The van der Waals surface area contributed by atoms with Crippen molar-refractivity contribution in [3.05, 3.63) is 71.9 Å². The second-order valence-corrected chi connectivity index (χ2v) is 6.16. The third-order valence-electron chi connectivity index (χ3n) is 3.60. The zero-order valence-electron chi connectivity index (χ0n) is 13.0. The minimum absolute atomic E-state index is 0.482. The topological polar surface area (TPSA) is 57.2 Å². The summed E-state index contributed by atoms with van der Waals surface area (Å²) in [5.41, 5.74) is 5.71. The van der Waals surface area contributed by atoms with Crippen molar-refractivity contribution in [1.29, 1.82) is 0 Å². The molecule has 118 valence electrons. The molecule has 4 nitrogen and oxygen atoms in total. The molecule has 2 N–H and O–H groups in total. The van der Waals surface area contributed by atoms with Crippen LogP contribution in [0.5, 0.6) is 5.75 Å². The van der Waals surface area contributed by atoms with Crippen LogP contribution in [-0.2, 0) is 11.3 Å². The fourth-order valence-electron chi connectivity index (χ4n) is 2.51. The summed E-state index contributed by atoms with van der Waals surface area (Å²) >= 11 is -1.81. The Morgan fingerprint density at radius 3 is 2.22 bits per heavy atom. The van der Waals surface area contributed by atoms with E-state index in [1.807, 2.05) is 12.1 Å². The van der Waals surface area contributed by atoms with Gasteiger partial charge < -0.3 is 8.75 Å². The van der Waals surface area contributed by atoms with Gasteiger partial charge in [0.25, 0.3) is 11.3 Å². The number of nitrogens with zero attached hydrogens (tertiary/aromatic N) is 1. The maximum absolute atomic E-state index is 10.9. The molecule has 1 aromatic heterocycles. The number of rotatable bonds is 4. The molecule has 23 heavy (non-hydrogen) atoms. The summed E-state index contributed by atoms with van der Waals surface area (Å²) in [4.78, 5) is 0. The minimum atomic E-state index is -1.81. The summed E-state index contributed by atoms with van der Waals surface area (Å²) in [5.74, 6) is 0.482. The van der Waals surface area contributed by atoms with Crippen LogP contribution in [0.2, 0.25) is 0 Å². The average molecular weight is 326 g/mol. The third-order valence-corrected chi connectivity index (χ3v) is 3.95. The molecular formula is C18H18N2O2S. The lowest BCUT2D eigenvalue weighted by Crippen LogP contribution is -2.09. The Labute approximate surface area is 138 Å². The van der Waals surface area contributed by atoms with Crippen molar-refractivity contribution < 1.29 is 8.39 Å². The smallest absolute Gasteiger partial charge is 0.285 e. The van der Waals surface area contributed by atoms with Gasteiger partial charge in [-0.2, -0.15) is 4.21 Å². The second-order valence-electron chi connectivity index (χ2n) is 5.48. The number of hydrogen-bond acceptors (Lipinski definition) is 2. The lowest BCUT2D eigenvalue weighted by molar-refractivity contribution is 0.563. The van der Waals surface area contributed by atoms with E-state index < -0.39 is 11.3 Å². The molecule has 0 amide bonds. The highest BCUT2D eigenvalue weighted by Gasteiger charge is 2.08. The number of aromatic nitrogens is 1. The van der Waals surface area contributed by atoms with E-state index in [2.05, 4.69) is 54.9 Å². The quantitative estimate of drug-likeness (QED) is 0.795.